The Labute approximate surface area is 98.5 Å². The molecule has 0 aliphatic carbocycles. The Kier molecular flexibility index (Phi) is 3.05. The van der Waals surface area contributed by atoms with Crippen molar-refractivity contribution in [1.82, 2.24) is 19.7 Å². The van der Waals surface area contributed by atoms with Gasteiger partial charge in [-0.2, -0.15) is 5.10 Å². The second-order valence-corrected chi connectivity index (χ2v) is 3.86. The van der Waals surface area contributed by atoms with Crippen LogP contribution < -0.4 is 5.32 Å². The van der Waals surface area contributed by atoms with Crippen LogP contribution in [0.15, 0.2) is 18.7 Å². The van der Waals surface area contributed by atoms with Gasteiger partial charge in [-0.15, -0.1) is 0 Å². The van der Waals surface area contributed by atoms with Crippen LogP contribution in [0.2, 0.25) is 5.02 Å². The van der Waals surface area contributed by atoms with E-state index in [-0.39, 0.29) is 0 Å². The average molecular weight is 238 g/mol. The molecule has 0 unspecified atom stereocenters. The third-order valence-electron chi connectivity index (χ3n) is 2.45. The Morgan fingerprint density at radius 1 is 1.44 bits per heavy atom. The Morgan fingerprint density at radius 2 is 2.25 bits per heavy atom. The van der Waals surface area contributed by atoms with Crippen LogP contribution in [-0.4, -0.2) is 19.7 Å². The molecule has 2 aromatic rings. The van der Waals surface area contributed by atoms with E-state index >= 15 is 0 Å². The second-order valence-electron chi connectivity index (χ2n) is 3.45. The van der Waals surface area contributed by atoms with E-state index < -0.39 is 0 Å². The summed E-state index contributed by atoms with van der Waals surface area (Å²) in [6.45, 7) is 2.67. The molecule has 0 bridgehead atoms. The van der Waals surface area contributed by atoms with Crippen LogP contribution >= 0.6 is 11.6 Å². The Morgan fingerprint density at radius 3 is 2.88 bits per heavy atom. The summed E-state index contributed by atoms with van der Waals surface area (Å²) in [6.07, 6.45) is 4.86. The van der Waals surface area contributed by atoms with Crippen LogP contribution in [0.4, 0.5) is 5.82 Å². The Balaban J connectivity index is 2.08. The van der Waals surface area contributed by atoms with E-state index in [4.69, 9.17) is 11.6 Å². The van der Waals surface area contributed by atoms with Crippen LogP contribution in [0.3, 0.4) is 0 Å². The molecule has 1 N–H and O–H groups in total. The molecule has 5 nitrogen and oxygen atoms in total. The maximum absolute atomic E-state index is 5.93. The predicted molar refractivity (Wildman–Crippen MR) is 62.3 cm³/mol. The van der Waals surface area contributed by atoms with Crippen molar-refractivity contribution in [2.45, 2.75) is 13.5 Å². The van der Waals surface area contributed by atoms with Gasteiger partial charge in [-0.25, -0.2) is 9.97 Å². The third kappa shape index (κ3) is 2.14. The fourth-order valence-corrected chi connectivity index (χ4v) is 1.51. The first-order valence-electron chi connectivity index (χ1n) is 4.85. The summed E-state index contributed by atoms with van der Waals surface area (Å²) in [5.74, 6) is 0.639. The number of halogens is 1. The fourth-order valence-electron chi connectivity index (χ4n) is 1.34. The summed E-state index contributed by atoms with van der Waals surface area (Å²) in [7, 11) is 1.91. The summed E-state index contributed by atoms with van der Waals surface area (Å²) >= 11 is 5.93. The number of nitrogens with zero attached hydrogens (tertiary/aromatic N) is 4. The number of aryl methyl sites for hydroxylation is 1. The van der Waals surface area contributed by atoms with Crippen molar-refractivity contribution in [3.05, 3.63) is 35.0 Å². The maximum Gasteiger partial charge on any atom is 0.148 e. The van der Waals surface area contributed by atoms with Gasteiger partial charge >= 0.3 is 0 Å². The standard InChI is InChI=1S/C10H12ClN5/c1-7-8(4-15-16(7)2)3-13-10-9(11)5-12-6-14-10/h4-6H,3H2,1-2H3,(H,12,13,14). The Hall–Kier alpha value is -1.62. The molecule has 16 heavy (non-hydrogen) atoms. The van der Waals surface area contributed by atoms with Crippen molar-refractivity contribution in [2.75, 3.05) is 5.32 Å². The fraction of sp³-hybridized carbons (Fsp3) is 0.300. The molecule has 0 amide bonds. The van der Waals surface area contributed by atoms with E-state index in [1.54, 1.807) is 6.20 Å². The minimum Gasteiger partial charge on any atom is -0.365 e. The Bertz CT molecular complexity index is 494. The molecule has 0 saturated carbocycles. The molecule has 0 atom stereocenters. The van der Waals surface area contributed by atoms with Gasteiger partial charge in [0.15, 0.2) is 0 Å². The summed E-state index contributed by atoms with van der Waals surface area (Å²) < 4.78 is 1.83. The van der Waals surface area contributed by atoms with E-state index in [2.05, 4.69) is 20.4 Å². The lowest BCUT2D eigenvalue weighted by molar-refractivity contribution is 0.738. The lowest BCUT2D eigenvalue weighted by Gasteiger charge is -2.05. The molecule has 0 aliphatic rings. The number of nitrogens with one attached hydrogen (secondary N) is 1. The molecular weight excluding hydrogens is 226 g/mol. The van der Waals surface area contributed by atoms with Gasteiger partial charge in [0.05, 0.1) is 12.4 Å². The zero-order chi connectivity index (χ0) is 11.5. The molecule has 0 radical (unpaired) electrons. The average Bonchev–Trinajstić information content (AvgIpc) is 2.59. The monoisotopic (exact) mass is 237 g/mol. The molecule has 0 fully saturated rings. The summed E-state index contributed by atoms with van der Waals surface area (Å²) in [5.41, 5.74) is 2.25. The summed E-state index contributed by atoms with van der Waals surface area (Å²) in [6, 6.07) is 0. The van der Waals surface area contributed by atoms with E-state index in [0.29, 0.717) is 17.4 Å². The largest absolute Gasteiger partial charge is 0.365 e. The molecule has 84 valence electrons. The zero-order valence-corrected chi connectivity index (χ0v) is 9.86. The SMILES string of the molecule is Cc1c(CNc2ncncc2Cl)cnn1C. The quantitative estimate of drug-likeness (QED) is 0.884. The van der Waals surface area contributed by atoms with Gasteiger partial charge in [0.1, 0.15) is 17.2 Å². The second kappa shape index (κ2) is 4.49. The molecule has 0 aromatic carbocycles. The van der Waals surface area contributed by atoms with Gasteiger partial charge in [-0.3, -0.25) is 4.68 Å². The van der Waals surface area contributed by atoms with E-state index in [1.165, 1.54) is 6.33 Å². The lowest BCUT2D eigenvalue weighted by Crippen LogP contribution is -2.03. The molecule has 2 aromatic heterocycles. The molecule has 2 rings (SSSR count). The van der Waals surface area contributed by atoms with Crippen LogP contribution in [0, 0.1) is 6.92 Å². The van der Waals surface area contributed by atoms with Crippen molar-refractivity contribution in [3.63, 3.8) is 0 Å². The summed E-state index contributed by atoms with van der Waals surface area (Å²) in [4.78, 5) is 7.87. The minimum absolute atomic E-state index is 0.518. The number of hydrogen-bond donors (Lipinski definition) is 1. The normalized spacial score (nSPS) is 10.4. The highest BCUT2D eigenvalue weighted by Gasteiger charge is 2.05. The van der Waals surface area contributed by atoms with E-state index in [1.807, 2.05) is 24.9 Å². The predicted octanol–water partition coefficient (Wildman–Crippen LogP) is 1.78. The number of aromatic nitrogens is 4. The van der Waals surface area contributed by atoms with Crippen molar-refractivity contribution in [1.29, 1.82) is 0 Å². The van der Waals surface area contributed by atoms with Crippen molar-refractivity contribution in [2.24, 2.45) is 7.05 Å². The molecule has 0 aliphatic heterocycles. The van der Waals surface area contributed by atoms with Gasteiger partial charge < -0.3 is 5.32 Å². The third-order valence-corrected chi connectivity index (χ3v) is 2.73. The van der Waals surface area contributed by atoms with E-state index in [9.17, 15) is 0 Å². The molecule has 0 spiro atoms. The van der Waals surface area contributed by atoms with Crippen molar-refractivity contribution >= 4 is 17.4 Å². The van der Waals surface area contributed by atoms with Crippen molar-refractivity contribution < 1.29 is 0 Å². The highest BCUT2D eigenvalue weighted by Crippen LogP contribution is 2.17. The van der Waals surface area contributed by atoms with Gasteiger partial charge in [0.25, 0.3) is 0 Å². The lowest BCUT2D eigenvalue weighted by atomic mass is 10.2. The minimum atomic E-state index is 0.518. The number of hydrogen-bond acceptors (Lipinski definition) is 4. The van der Waals surface area contributed by atoms with Crippen molar-refractivity contribution in [3.8, 4) is 0 Å². The highest BCUT2D eigenvalue weighted by molar-refractivity contribution is 6.32. The van der Waals surface area contributed by atoms with Crippen LogP contribution in [0.25, 0.3) is 0 Å². The van der Waals surface area contributed by atoms with Crippen LogP contribution in [-0.2, 0) is 13.6 Å². The first-order chi connectivity index (χ1) is 7.68. The number of anilines is 1. The molecule has 2 heterocycles. The summed E-state index contributed by atoms with van der Waals surface area (Å²) in [5, 5.41) is 7.83. The maximum atomic E-state index is 5.93. The van der Waals surface area contributed by atoms with Crippen LogP contribution in [0.1, 0.15) is 11.3 Å². The van der Waals surface area contributed by atoms with E-state index in [0.717, 1.165) is 11.3 Å². The van der Waals surface area contributed by atoms with Gasteiger partial charge in [0.2, 0.25) is 0 Å². The van der Waals surface area contributed by atoms with Crippen LogP contribution in [0.5, 0.6) is 0 Å². The topological polar surface area (TPSA) is 55.6 Å². The first-order valence-corrected chi connectivity index (χ1v) is 5.23. The molecule has 6 heteroatoms. The van der Waals surface area contributed by atoms with Gasteiger partial charge in [-0.05, 0) is 6.92 Å². The molecular formula is C10H12ClN5. The smallest absolute Gasteiger partial charge is 0.148 e. The first kappa shape index (κ1) is 10.9. The number of rotatable bonds is 3. The van der Waals surface area contributed by atoms with Gasteiger partial charge in [-0.1, -0.05) is 11.6 Å². The van der Waals surface area contributed by atoms with Gasteiger partial charge in [0, 0.05) is 24.8 Å². The molecule has 0 saturated heterocycles. The highest BCUT2D eigenvalue weighted by atomic mass is 35.5. The zero-order valence-electron chi connectivity index (χ0n) is 9.11.